The van der Waals surface area contributed by atoms with Gasteiger partial charge in [-0.2, -0.15) is 0 Å². The Morgan fingerprint density at radius 1 is 1.04 bits per heavy atom. The van der Waals surface area contributed by atoms with E-state index in [4.69, 9.17) is 4.42 Å². The standard InChI is InChI=1S/C17H15N3O3/c1-10(21)18-13-5-3-4-12(8-13)17(22)20-14-6-7-15-16(9-14)23-11(2)19-15/h3-9H,1-2H3,(H,18,21)(H,20,22). The van der Waals surface area contributed by atoms with Gasteiger partial charge in [-0.1, -0.05) is 6.07 Å². The highest BCUT2D eigenvalue weighted by Crippen LogP contribution is 2.20. The predicted molar refractivity (Wildman–Crippen MR) is 87.4 cm³/mol. The monoisotopic (exact) mass is 309 g/mol. The van der Waals surface area contributed by atoms with Gasteiger partial charge in [0.1, 0.15) is 5.52 Å². The van der Waals surface area contributed by atoms with Gasteiger partial charge in [-0.3, -0.25) is 9.59 Å². The van der Waals surface area contributed by atoms with Crippen LogP contribution in [0.4, 0.5) is 11.4 Å². The van der Waals surface area contributed by atoms with E-state index in [0.29, 0.717) is 28.4 Å². The molecule has 6 heteroatoms. The summed E-state index contributed by atoms with van der Waals surface area (Å²) >= 11 is 0. The fourth-order valence-corrected chi connectivity index (χ4v) is 2.26. The number of carbonyl (C=O) groups is 2. The van der Waals surface area contributed by atoms with Crippen LogP contribution in [0.5, 0.6) is 0 Å². The first-order valence-electron chi connectivity index (χ1n) is 7.07. The number of anilines is 2. The average molecular weight is 309 g/mol. The smallest absolute Gasteiger partial charge is 0.255 e. The molecule has 23 heavy (non-hydrogen) atoms. The van der Waals surface area contributed by atoms with Crippen molar-refractivity contribution in [1.82, 2.24) is 4.98 Å². The summed E-state index contributed by atoms with van der Waals surface area (Å²) < 4.78 is 5.45. The average Bonchev–Trinajstić information content (AvgIpc) is 2.86. The van der Waals surface area contributed by atoms with E-state index in [0.717, 1.165) is 5.52 Å². The van der Waals surface area contributed by atoms with Gasteiger partial charge in [0, 0.05) is 36.9 Å². The number of benzene rings is 2. The van der Waals surface area contributed by atoms with Crippen LogP contribution >= 0.6 is 0 Å². The van der Waals surface area contributed by atoms with Crippen molar-refractivity contribution in [3.05, 3.63) is 53.9 Å². The minimum atomic E-state index is -0.271. The zero-order valence-electron chi connectivity index (χ0n) is 12.7. The van der Waals surface area contributed by atoms with Crippen molar-refractivity contribution in [2.75, 3.05) is 10.6 Å². The van der Waals surface area contributed by atoms with Crippen molar-refractivity contribution >= 4 is 34.3 Å². The maximum Gasteiger partial charge on any atom is 0.255 e. The first kappa shape index (κ1) is 14.8. The molecular weight excluding hydrogens is 294 g/mol. The molecule has 0 aliphatic carbocycles. The van der Waals surface area contributed by atoms with Crippen LogP contribution in [0, 0.1) is 6.92 Å². The Morgan fingerprint density at radius 2 is 1.83 bits per heavy atom. The van der Waals surface area contributed by atoms with Crippen molar-refractivity contribution in [3.63, 3.8) is 0 Å². The van der Waals surface area contributed by atoms with Crippen molar-refractivity contribution < 1.29 is 14.0 Å². The molecule has 0 aliphatic rings. The quantitative estimate of drug-likeness (QED) is 0.777. The number of rotatable bonds is 3. The molecule has 3 aromatic rings. The van der Waals surface area contributed by atoms with Crippen molar-refractivity contribution in [2.24, 2.45) is 0 Å². The minimum Gasteiger partial charge on any atom is -0.441 e. The van der Waals surface area contributed by atoms with Gasteiger partial charge in [0.05, 0.1) is 0 Å². The Kier molecular flexibility index (Phi) is 3.80. The number of hydrogen-bond donors (Lipinski definition) is 2. The molecule has 0 bridgehead atoms. The SMILES string of the molecule is CC(=O)Nc1cccc(C(=O)Nc2ccc3nc(C)oc3c2)c1. The van der Waals surface area contributed by atoms with Crippen molar-refractivity contribution in [1.29, 1.82) is 0 Å². The van der Waals surface area contributed by atoms with E-state index in [-0.39, 0.29) is 11.8 Å². The molecule has 0 saturated carbocycles. The van der Waals surface area contributed by atoms with Crippen LogP contribution in [0.15, 0.2) is 46.9 Å². The number of amides is 2. The van der Waals surface area contributed by atoms with Gasteiger partial charge in [0.2, 0.25) is 5.91 Å². The lowest BCUT2D eigenvalue weighted by Gasteiger charge is -2.07. The first-order valence-corrected chi connectivity index (χ1v) is 7.07. The van der Waals surface area contributed by atoms with Gasteiger partial charge in [-0.05, 0) is 30.3 Å². The highest BCUT2D eigenvalue weighted by molar-refractivity contribution is 6.05. The summed E-state index contributed by atoms with van der Waals surface area (Å²) in [6.45, 7) is 3.19. The number of oxazole rings is 1. The van der Waals surface area contributed by atoms with E-state index >= 15 is 0 Å². The third-order valence-electron chi connectivity index (χ3n) is 3.20. The fraction of sp³-hybridized carbons (Fsp3) is 0.118. The van der Waals surface area contributed by atoms with Crippen molar-refractivity contribution in [3.8, 4) is 0 Å². The number of fused-ring (bicyclic) bond motifs is 1. The Hall–Kier alpha value is -3.15. The normalized spacial score (nSPS) is 10.5. The molecule has 0 radical (unpaired) electrons. The number of aryl methyl sites for hydroxylation is 1. The second kappa shape index (κ2) is 5.92. The molecule has 0 fully saturated rings. The van der Waals surface area contributed by atoms with E-state index in [1.54, 1.807) is 49.4 Å². The van der Waals surface area contributed by atoms with Crippen LogP contribution in [0.2, 0.25) is 0 Å². The number of nitrogens with one attached hydrogen (secondary N) is 2. The summed E-state index contributed by atoms with van der Waals surface area (Å²) in [5, 5.41) is 5.45. The summed E-state index contributed by atoms with van der Waals surface area (Å²) in [6.07, 6.45) is 0. The van der Waals surface area contributed by atoms with E-state index in [9.17, 15) is 9.59 Å². The molecule has 3 rings (SSSR count). The van der Waals surface area contributed by atoms with Crippen LogP contribution < -0.4 is 10.6 Å². The topological polar surface area (TPSA) is 84.2 Å². The molecule has 0 saturated heterocycles. The third kappa shape index (κ3) is 3.37. The molecule has 2 amide bonds. The molecule has 0 unspecified atom stereocenters. The number of hydrogen-bond acceptors (Lipinski definition) is 4. The Balaban J connectivity index is 1.81. The number of carbonyl (C=O) groups excluding carboxylic acids is 2. The molecule has 2 N–H and O–H groups in total. The zero-order chi connectivity index (χ0) is 16.4. The molecule has 0 atom stereocenters. The second-order valence-electron chi connectivity index (χ2n) is 5.13. The van der Waals surface area contributed by atoms with Gasteiger partial charge in [0.25, 0.3) is 5.91 Å². The van der Waals surface area contributed by atoms with Crippen LogP contribution in [0.3, 0.4) is 0 Å². The Morgan fingerprint density at radius 3 is 2.61 bits per heavy atom. The lowest BCUT2D eigenvalue weighted by molar-refractivity contribution is -0.114. The van der Waals surface area contributed by atoms with Crippen LogP contribution in [0.1, 0.15) is 23.2 Å². The molecule has 0 spiro atoms. The predicted octanol–water partition coefficient (Wildman–Crippen LogP) is 3.35. The Labute approximate surface area is 132 Å². The third-order valence-corrected chi connectivity index (χ3v) is 3.20. The summed E-state index contributed by atoms with van der Waals surface area (Å²) in [5.41, 5.74) is 3.00. The highest BCUT2D eigenvalue weighted by Gasteiger charge is 2.09. The summed E-state index contributed by atoms with van der Waals surface area (Å²) in [7, 11) is 0. The van der Waals surface area contributed by atoms with Crippen LogP contribution in [-0.2, 0) is 4.79 Å². The van der Waals surface area contributed by atoms with E-state index in [1.165, 1.54) is 6.92 Å². The lowest BCUT2D eigenvalue weighted by Crippen LogP contribution is -2.13. The van der Waals surface area contributed by atoms with Gasteiger partial charge >= 0.3 is 0 Å². The maximum absolute atomic E-state index is 12.3. The maximum atomic E-state index is 12.3. The van der Waals surface area contributed by atoms with Gasteiger partial charge in [-0.15, -0.1) is 0 Å². The molecular formula is C17H15N3O3. The molecule has 116 valence electrons. The van der Waals surface area contributed by atoms with E-state index in [1.807, 2.05) is 0 Å². The molecule has 1 heterocycles. The van der Waals surface area contributed by atoms with Crippen LogP contribution in [0.25, 0.3) is 11.1 Å². The van der Waals surface area contributed by atoms with E-state index < -0.39 is 0 Å². The van der Waals surface area contributed by atoms with E-state index in [2.05, 4.69) is 15.6 Å². The second-order valence-corrected chi connectivity index (χ2v) is 5.13. The van der Waals surface area contributed by atoms with Gasteiger partial charge in [0.15, 0.2) is 11.5 Å². The highest BCUT2D eigenvalue weighted by atomic mass is 16.3. The fourth-order valence-electron chi connectivity index (χ4n) is 2.26. The number of aromatic nitrogens is 1. The lowest BCUT2D eigenvalue weighted by atomic mass is 10.1. The summed E-state index contributed by atoms with van der Waals surface area (Å²) in [5.74, 6) is 0.118. The summed E-state index contributed by atoms with van der Waals surface area (Å²) in [4.78, 5) is 27.6. The summed E-state index contributed by atoms with van der Waals surface area (Å²) in [6, 6.07) is 12.0. The van der Waals surface area contributed by atoms with Crippen molar-refractivity contribution in [2.45, 2.75) is 13.8 Å². The molecule has 1 aromatic heterocycles. The first-order chi connectivity index (χ1) is 11.0. The largest absolute Gasteiger partial charge is 0.441 e. The Bertz CT molecular complexity index is 899. The van der Waals surface area contributed by atoms with Crippen LogP contribution in [-0.4, -0.2) is 16.8 Å². The number of nitrogens with zero attached hydrogens (tertiary/aromatic N) is 1. The molecule has 2 aromatic carbocycles. The minimum absolute atomic E-state index is 0.186. The zero-order valence-corrected chi connectivity index (χ0v) is 12.7. The molecule has 0 aliphatic heterocycles. The molecule has 6 nitrogen and oxygen atoms in total. The van der Waals surface area contributed by atoms with Gasteiger partial charge < -0.3 is 15.1 Å². The van der Waals surface area contributed by atoms with Gasteiger partial charge in [-0.25, -0.2) is 4.98 Å².